The number of alkyl halides is 6. The Balaban J connectivity index is 0.000000633. The van der Waals surface area contributed by atoms with Gasteiger partial charge in [-0.3, -0.25) is 4.79 Å². The first-order chi connectivity index (χ1) is 25.5. The first-order valence-electron chi connectivity index (χ1n) is 16.5. The normalized spacial score (nSPS) is 16.8. The van der Waals surface area contributed by atoms with Crippen LogP contribution in [-0.4, -0.2) is 87.6 Å². The molecule has 1 aliphatic heterocycles. The molecule has 0 spiro atoms. The molecule has 3 aromatic rings. The number of benzene rings is 2. The molecule has 6 N–H and O–H groups in total. The first kappa shape index (κ1) is 45.3. The fourth-order valence-electron chi connectivity index (χ4n) is 5.66. The third-order valence-corrected chi connectivity index (χ3v) is 8.63. The fraction of sp³-hybridized carbons (Fsp3) is 0.429. The summed E-state index contributed by atoms with van der Waals surface area (Å²) < 4.78 is 71.7. The number of hydrogen-bond acceptors (Lipinski definition) is 8. The summed E-state index contributed by atoms with van der Waals surface area (Å²) in [6, 6.07) is 14.9. The van der Waals surface area contributed by atoms with Crippen molar-refractivity contribution in [2.45, 2.75) is 62.8 Å². The Hall–Kier alpha value is -5.84. The summed E-state index contributed by atoms with van der Waals surface area (Å²) in [5.74, 6) is -4.53. The van der Waals surface area contributed by atoms with Crippen LogP contribution in [0.1, 0.15) is 61.9 Å². The number of carbonyl (C=O) groups is 4. The average molecular weight is 786 g/mol. The van der Waals surface area contributed by atoms with Gasteiger partial charge in [0.05, 0.1) is 34.7 Å². The molecule has 300 valence electrons. The lowest BCUT2D eigenvalue weighted by atomic mass is 9.73. The van der Waals surface area contributed by atoms with Gasteiger partial charge in [0.2, 0.25) is 5.91 Å². The van der Waals surface area contributed by atoms with Crippen molar-refractivity contribution in [3.63, 3.8) is 0 Å². The van der Waals surface area contributed by atoms with Crippen molar-refractivity contribution >= 4 is 23.9 Å². The van der Waals surface area contributed by atoms with Gasteiger partial charge in [-0.15, -0.1) is 0 Å². The zero-order valence-corrected chi connectivity index (χ0v) is 30.2. The van der Waals surface area contributed by atoms with E-state index in [1.807, 2.05) is 60.7 Å². The Morgan fingerprint density at radius 1 is 1.05 bits per heavy atom. The van der Waals surface area contributed by atoms with Crippen LogP contribution in [0, 0.1) is 11.3 Å². The van der Waals surface area contributed by atoms with Gasteiger partial charge in [0.1, 0.15) is 17.6 Å². The van der Waals surface area contributed by atoms with Gasteiger partial charge in [-0.05, 0) is 61.6 Å². The van der Waals surface area contributed by atoms with Gasteiger partial charge in [-0.1, -0.05) is 31.5 Å². The summed E-state index contributed by atoms with van der Waals surface area (Å²) in [6.45, 7) is 5.40. The average Bonchev–Trinajstić information content (AvgIpc) is 3.50. The summed E-state index contributed by atoms with van der Waals surface area (Å²) in [4.78, 5) is 49.5. The van der Waals surface area contributed by atoms with Gasteiger partial charge in [0.15, 0.2) is 0 Å². The number of likely N-dealkylation sites (tertiary alicyclic amines) is 1. The maximum Gasteiger partial charge on any atom is 0.490 e. The SMILES string of the molecule is CCC1(c2cccc(Oc3cc(C(C)(N)c4cncn4C)ccc3C#N)c2)CCCCN(CCNC(=O)NC)C1=O.O=C(O)C(F)(F)F.O=C(O)C(F)(F)F. The molecule has 20 heteroatoms. The van der Waals surface area contributed by atoms with Crippen LogP contribution in [0.15, 0.2) is 55.0 Å². The number of carboxylic acids is 2. The molecule has 2 atom stereocenters. The van der Waals surface area contributed by atoms with Crippen molar-refractivity contribution in [2.24, 2.45) is 12.8 Å². The van der Waals surface area contributed by atoms with E-state index in [4.69, 9.17) is 30.3 Å². The van der Waals surface area contributed by atoms with Crippen LogP contribution in [0.4, 0.5) is 31.1 Å². The molecule has 55 heavy (non-hydrogen) atoms. The van der Waals surface area contributed by atoms with Gasteiger partial charge in [-0.25, -0.2) is 19.4 Å². The van der Waals surface area contributed by atoms with Crippen molar-refractivity contribution in [2.75, 3.05) is 26.7 Å². The Labute approximate surface area is 311 Å². The quantitative estimate of drug-likeness (QED) is 0.180. The molecule has 4 rings (SSSR count). The number of imidazole rings is 1. The third kappa shape index (κ3) is 12.1. The number of nitriles is 1. The smallest absolute Gasteiger partial charge is 0.475 e. The molecule has 1 aliphatic rings. The zero-order chi connectivity index (χ0) is 41.8. The number of rotatable bonds is 9. The Bertz CT molecular complexity index is 1830. The monoisotopic (exact) mass is 785 g/mol. The molecule has 14 nitrogen and oxygen atoms in total. The lowest BCUT2D eigenvalue weighted by Crippen LogP contribution is -2.48. The van der Waals surface area contributed by atoms with Gasteiger partial charge in [0, 0.05) is 33.7 Å². The fourth-order valence-corrected chi connectivity index (χ4v) is 5.66. The molecule has 0 aliphatic carbocycles. The number of carbonyl (C=O) groups excluding carboxylic acids is 2. The van der Waals surface area contributed by atoms with Crippen LogP contribution in [-0.2, 0) is 32.4 Å². The van der Waals surface area contributed by atoms with Crippen molar-refractivity contribution in [1.82, 2.24) is 25.1 Å². The van der Waals surface area contributed by atoms with Crippen molar-refractivity contribution in [3.8, 4) is 17.6 Å². The number of urea groups is 1. The van der Waals surface area contributed by atoms with Crippen LogP contribution < -0.4 is 21.1 Å². The van der Waals surface area contributed by atoms with Crippen molar-refractivity contribution in [1.29, 1.82) is 5.26 Å². The molecule has 2 heterocycles. The van der Waals surface area contributed by atoms with Crippen LogP contribution >= 0.6 is 0 Å². The lowest BCUT2D eigenvalue weighted by Gasteiger charge is -2.35. The predicted octanol–water partition coefficient (Wildman–Crippen LogP) is 5.16. The van der Waals surface area contributed by atoms with E-state index in [9.17, 15) is 41.2 Å². The Morgan fingerprint density at radius 2 is 1.67 bits per heavy atom. The Morgan fingerprint density at radius 3 is 2.18 bits per heavy atom. The second-order valence-corrected chi connectivity index (χ2v) is 12.3. The summed E-state index contributed by atoms with van der Waals surface area (Å²) in [6.07, 6.45) is -3.58. The molecular formula is C35H41F6N7O7. The molecule has 0 radical (unpaired) electrons. The Kier molecular flexibility index (Phi) is 15.6. The second-order valence-electron chi connectivity index (χ2n) is 12.3. The number of halogens is 6. The number of aryl methyl sites for hydroxylation is 1. The minimum absolute atomic E-state index is 0.0585. The number of aromatic nitrogens is 2. The van der Waals surface area contributed by atoms with E-state index in [1.54, 1.807) is 31.7 Å². The second kappa shape index (κ2) is 19.0. The standard InChI is InChI=1S/C31H39N7O3.2C2HF3O2/c1-5-31(13-6-7-15-38(28(31)39)16-14-36-29(40)34-3)24-9-8-10-25(17-24)41-26-18-23(12-11-22(26)19-32)30(2,33)27-20-35-21-37(27)4;2*3-2(4,5)1(6)7/h8-12,17-18,20-21H,5-7,13-16,33H2,1-4H3,(H2,34,36,40);2*(H,6,7). The first-order valence-corrected chi connectivity index (χ1v) is 16.5. The number of nitrogens with one attached hydrogen (secondary N) is 2. The van der Waals surface area contributed by atoms with E-state index >= 15 is 0 Å². The molecule has 2 aromatic carbocycles. The predicted molar refractivity (Wildman–Crippen MR) is 184 cm³/mol. The summed E-state index contributed by atoms with van der Waals surface area (Å²) in [5, 5.41) is 29.4. The van der Waals surface area contributed by atoms with E-state index in [0.717, 1.165) is 36.1 Å². The van der Waals surface area contributed by atoms with Gasteiger partial charge in [0.25, 0.3) is 0 Å². The summed E-state index contributed by atoms with van der Waals surface area (Å²) in [7, 11) is 3.45. The summed E-state index contributed by atoms with van der Waals surface area (Å²) in [5.41, 5.74) is 8.03. The van der Waals surface area contributed by atoms with Crippen molar-refractivity contribution < 1.29 is 60.5 Å². The summed E-state index contributed by atoms with van der Waals surface area (Å²) >= 11 is 0. The van der Waals surface area contributed by atoms with Crippen LogP contribution in [0.3, 0.4) is 0 Å². The highest BCUT2D eigenvalue weighted by atomic mass is 19.4. The van der Waals surface area contributed by atoms with Crippen molar-refractivity contribution in [3.05, 3.63) is 77.4 Å². The lowest BCUT2D eigenvalue weighted by molar-refractivity contribution is -0.193. The number of hydrogen-bond donors (Lipinski definition) is 5. The number of nitrogens with zero attached hydrogens (tertiary/aromatic N) is 4. The van der Waals surface area contributed by atoms with Gasteiger partial charge in [-0.2, -0.15) is 31.6 Å². The van der Waals surface area contributed by atoms with Gasteiger partial charge >= 0.3 is 30.3 Å². The van der Waals surface area contributed by atoms with E-state index < -0.39 is 35.2 Å². The molecule has 1 aromatic heterocycles. The van der Waals surface area contributed by atoms with Crippen LogP contribution in [0.2, 0.25) is 0 Å². The topological polar surface area (TPSA) is 213 Å². The molecule has 1 saturated heterocycles. The number of aliphatic carboxylic acids is 2. The molecule has 3 amide bonds. The number of nitrogens with two attached hydrogens (primary N) is 1. The molecular weight excluding hydrogens is 744 g/mol. The maximum atomic E-state index is 14.0. The largest absolute Gasteiger partial charge is 0.490 e. The number of ether oxygens (including phenoxy) is 1. The zero-order valence-electron chi connectivity index (χ0n) is 30.2. The van der Waals surface area contributed by atoms with Gasteiger partial charge < -0.3 is 40.8 Å². The van der Waals surface area contributed by atoms with E-state index in [0.29, 0.717) is 43.1 Å². The van der Waals surface area contributed by atoms with Crippen LogP contribution in [0.25, 0.3) is 0 Å². The van der Waals surface area contributed by atoms with E-state index in [-0.39, 0.29) is 11.9 Å². The van der Waals surface area contributed by atoms with E-state index in [1.165, 1.54) is 0 Å². The highest BCUT2D eigenvalue weighted by molar-refractivity contribution is 5.89. The number of carboxylic acid groups (broad SMARTS) is 2. The minimum atomic E-state index is -5.08. The molecule has 2 unspecified atom stereocenters. The van der Waals surface area contributed by atoms with E-state index in [2.05, 4.69) is 21.7 Å². The molecule has 0 saturated carbocycles. The highest BCUT2D eigenvalue weighted by Crippen LogP contribution is 2.40. The minimum Gasteiger partial charge on any atom is -0.475 e. The third-order valence-electron chi connectivity index (χ3n) is 8.63. The maximum absolute atomic E-state index is 14.0. The molecule has 0 bridgehead atoms. The van der Waals surface area contributed by atoms with Crippen LogP contribution in [0.5, 0.6) is 11.5 Å². The number of amides is 3. The molecule has 1 fully saturated rings. The highest BCUT2D eigenvalue weighted by Gasteiger charge is 2.43.